The van der Waals surface area contributed by atoms with E-state index in [1.165, 1.54) is 0 Å². The molecule has 1 aliphatic rings. The van der Waals surface area contributed by atoms with Crippen LogP contribution >= 0.6 is 0 Å². The molecule has 16 heavy (non-hydrogen) atoms. The number of hydrogen-bond acceptors (Lipinski definition) is 5. The first-order valence-electron chi connectivity index (χ1n) is 5.23. The molecule has 0 saturated carbocycles. The number of oxazole rings is 1. The molecule has 1 aliphatic heterocycles. The van der Waals surface area contributed by atoms with Gasteiger partial charge in [-0.25, -0.2) is 0 Å². The van der Waals surface area contributed by atoms with Crippen LogP contribution in [0, 0.1) is 6.07 Å². The maximum atomic E-state index is 5.64. The topological polar surface area (TPSA) is 64.5 Å². The van der Waals surface area contributed by atoms with Crippen molar-refractivity contribution in [3.8, 4) is 0 Å². The van der Waals surface area contributed by atoms with Crippen molar-refractivity contribution in [3.63, 3.8) is 0 Å². The van der Waals surface area contributed by atoms with Crippen molar-refractivity contribution in [2.24, 2.45) is 0 Å². The van der Waals surface area contributed by atoms with Crippen LogP contribution in [0.15, 0.2) is 16.5 Å². The molecular formula is C11H12N3O2. The number of anilines is 2. The van der Waals surface area contributed by atoms with Gasteiger partial charge in [-0.05, 0) is 12.1 Å². The maximum Gasteiger partial charge on any atom is 0.298 e. The highest BCUT2D eigenvalue weighted by Crippen LogP contribution is 2.23. The third kappa shape index (κ3) is 1.59. The van der Waals surface area contributed by atoms with E-state index < -0.39 is 0 Å². The van der Waals surface area contributed by atoms with Gasteiger partial charge in [0.05, 0.1) is 13.2 Å². The molecule has 0 aliphatic carbocycles. The number of rotatable bonds is 1. The highest BCUT2D eigenvalue weighted by Gasteiger charge is 2.16. The Bertz CT molecular complexity index is 503. The number of ether oxygens (including phenoxy) is 1. The molecule has 0 amide bonds. The monoisotopic (exact) mass is 218 g/mol. The molecule has 1 aromatic carbocycles. The molecule has 1 fully saturated rings. The van der Waals surface area contributed by atoms with Crippen molar-refractivity contribution in [1.82, 2.24) is 4.98 Å². The van der Waals surface area contributed by atoms with Crippen molar-refractivity contribution in [2.45, 2.75) is 0 Å². The average Bonchev–Trinajstić information content (AvgIpc) is 2.73. The smallest absolute Gasteiger partial charge is 0.298 e. The van der Waals surface area contributed by atoms with E-state index in [0.29, 0.717) is 24.9 Å². The normalized spacial score (nSPS) is 16.9. The molecule has 0 atom stereocenters. The van der Waals surface area contributed by atoms with Gasteiger partial charge >= 0.3 is 0 Å². The number of fused-ring (bicyclic) bond motifs is 1. The van der Waals surface area contributed by atoms with Crippen molar-refractivity contribution < 1.29 is 9.15 Å². The minimum Gasteiger partial charge on any atom is -0.423 e. The molecule has 5 nitrogen and oxygen atoms in total. The second-order valence-electron chi connectivity index (χ2n) is 3.73. The molecule has 0 bridgehead atoms. The molecule has 1 saturated heterocycles. The first-order valence-corrected chi connectivity index (χ1v) is 5.23. The van der Waals surface area contributed by atoms with Crippen LogP contribution in [0.4, 0.5) is 11.7 Å². The van der Waals surface area contributed by atoms with Gasteiger partial charge in [-0.2, -0.15) is 4.98 Å². The minimum atomic E-state index is 0.578. The lowest BCUT2D eigenvalue weighted by molar-refractivity contribution is 0.120. The third-order valence-electron chi connectivity index (χ3n) is 2.61. The summed E-state index contributed by atoms with van der Waals surface area (Å²) in [4.78, 5) is 6.47. The summed E-state index contributed by atoms with van der Waals surface area (Å²) in [6.07, 6.45) is 0. The third-order valence-corrected chi connectivity index (χ3v) is 2.61. The second kappa shape index (κ2) is 3.68. The molecule has 0 spiro atoms. The summed E-state index contributed by atoms with van der Waals surface area (Å²) < 4.78 is 10.9. The zero-order chi connectivity index (χ0) is 11.0. The van der Waals surface area contributed by atoms with Crippen molar-refractivity contribution in [3.05, 3.63) is 18.2 Å². The molecule has 0 unspecified atom stereocenters. The van der Waals surface area contributed by atoms with Gasteiger partial charge in [0.1, 0.15) is 5.52 Å². The van der Waals surface area contributed by atoms with Crippen LogP contribution in [0.25, 0.3) is 11.1 Å². The van der Waals surface area contributed by atoms with Crippen LogP contribution in [-0.2, 0) is 4.74 Å². The molecule has 83 valence electrons. The Morgan fingerprint density at radius 1 is 1.38 bits per heavy atom. The number of nitrogen functional groups attached to an aromatic ring is 1. The summed E-state index contributed by atoms with van der Waals surface area (Å²) in [6, 6.07) is 7.02. The van der Waals surface area contributed by atoms with Crippen LogP contribution in [-0.4, -0.2) is 31.3 Å². The van der Waals surface area contributed by atoms with Crippen LogP contribution in [0.2, 0.25) is 0 Å². The fourth-order valence-electron chi connectivity index (χ4n) is 1.77. The quantitative estimate of drug-likeness (QED) is 0.725. The maximum absolute atomic E-state index is 5.64. The van der Waals surface area contributed by atoms with Crippen molar-refractivity contribution in [2.75, 3.05) is 36.9 Å². The summed E-state index contributed by atoms with van der Waals surface area (Å²) in [5, 5.41) is 0. The van der Waals surface area contributed by atoms with E-state index in [0.717, 1.165) is 24.2 Å². The highest BCUT2D eigenvalue weighted by molar-refractivity contribution is 5.77. The van der Waals surface area contributed by atoms with Gasteiger partial charge in [-0.15, -0.1) is 0 Å². The molecule has 5 heteroatoms. The highest BCUT2D eigenvalue weighted by atomic mass is 16.5. The summed E-state index contributed by atoms with van der Waals surface area (Å²) in [5.74, 6) is 0. The Morgan fingerprint density at radius 2 is 2.19 bits per heavy atom. The molecule has 2 aromatic rings. The van der Waals surface area contributed by atoms with Crippen LogP contribution in [0.1, 0.15) is 0 Å². The molecule has 3 rings (SSSR count). The number of nitrogens with zero attached hydrogens (tertiary/aromatic N) is 2. The Hall–Kier alpha value is -1.75. The predicted molar refractivity (Wildman–Crippen MR) is 60.3 cm³/mol. The van der Waals surface area contributed by atoms with Crippen LogP contribution in [0.5, 0.6) is 0 Å². The summed E-state index contributed by atoms with van der Waals surface area (Å²) in [5.41, 5.74) is 7.71. The zero-order valence-electron chi connectivity index (χ0n) is 8.77. The molecule has 2 heterocycles. The van der Waals surface area contributed by atoms with Gasteiger partial charge in [-0.3, -0.25) is 0 Å². The molecule has 1 radical (unpaired) electrons. The van der Waals surface area contributed by atoms with Gasteiger partial charge in [0.2, 0.25) is 0 Å². The average molecular weight is 218 g/mol. The fraction of sp³-hybridized carbons (Fsp3) is 0.364. The molecular weight excluding hydrogens is 206 g/mol. The van der Waals surface area contributed by atoms with Gasteiger partial charge in [0.15, 0.2) is 5.58 Å². The summed E-state index contributed by atoms with van der Waals surface area (Å²) >= 11 is 0. The second-order valence-corrected chi connectivity index (χ2v) is 3.73. The van der Waals surface area contributed by atoms with Crippen molar-refractivity contribution in [1.29, 1.82) is 0 Å². The molecule has 2 N–H and O–H groups in total. The minimum absolute atomic E-state index is 0.578. The lowest BCUT2D eigenvalue weighted by Crippen LogP contribution is -2.36. The van der Waals surface area contributed by atoms with Gasteiger partial charge in [0, 0.05) is 24.8 Å². The van der Waals surface area contributed by atoms with E-state index >= 15 is 0 Å². The Balaban J connectivity index is 1.97. The van der Waals surface area contributed by atoms with E-state index in [9.17, 15) is 0 Å². The lowest BCUT2D eigenvalue weighted by Gasteiger charge is -2.24. The van der Waals surface area contributed by atoms with Gasteiger partial charge < -0.3 is 19.8 Å². The number of nitrogens with two attached hydrogens (primary N) is 1. The standard InChI is InChI=1S/C11H12N3O2/c12-8-1-2-10-9(7-8)13-11(16-10)14-3-5-15-6-4-14/h2,7H,3-6,12H2. The Labute approximate surface area is 92.8 Å². The Kier molecular flexibility index (Phi) is 2.18. The first kappa shape index (κ1) is 9.47. The van der Waals surface area contributed by atoms with Gasteiger partial charge in [-0.1, -0.05) is 0 Å². The predicted octanol–water partition coefficient (Wildman–Crippen LogP) is 1.05. The largest absolute Gasteiger partial charge is 0.423 e. The zero-order valence-corrected chi connectivity index (χ0v) is 8.77. The number of benzene rings is 1. The SMILES string of the molecule is Nc1[c]cc2oc(N3CCOCC3)nc2c1. The van der Waals surface area contributed by atoms with Crippen molar-refractivity contribution >= 4 is 22.8 Å². The van der Waals surface area contributed by atoms with Gasteiger partial charge in [0.25, 0.3) is 6.01 Å². The lowest BCUT2D eigenvalue weighted by atomic mass is 10.3. The van der Waals surface area contributed by atoms with E-state index in [1.807, 2.05) is 0 Å². The number of aromatic nitrogens is 1. The Morgan fingerprint density at radius 3 is 3.00 bits per heavy atom. The summed E-state index contributed by atoms with van der Waals surface area (Å²) in [6.45, 7) is 3.05. The van der Waals surface area contributed by atoms with E-state index in [2.05, 4.69) is 16.0 Å². The number of hydrogen-bond donors (Lipinski definition) is 1. The molecule has 1 aromatic heterocycles. The van der Waals surface area contributed by atoms with Crippen LogP contribution < -0.4 is 10.6 Å². The number of morpholine rings is 1. The van der Waals surface area contributed by atoms with Crippen LogP contribution in [0.3, 0.4) is 0 Å². The van der Waals surface area contributed by atoms with E-state index in [1.54, 1.807) is 12.1 Å². The van der Waals surface area contributed by atoms with E-state index in [4.69, 9.17) is 14.9 Å². The summed E-state index contributed by atoms with van der Waals surface area (Å²) in [7, 11) is 0. The first-order chi connectivity index (χ1) is 7.83. The fourth-order valence-corrected chi connectivity index (χ4v) is 1.77. The van der Waals surface area contributed by atoms with E-state index in [-0.39, 0.29) is 0 Å².